The molecule has 0 unspecified atom stereocenters. The highest BCUT2D eigenvalue weighted by atomic mass is 16.5. The van der Waals surface area contributed by atoms with Crippen molar-refractivity contribution in [1.82, 2.24) is 24.4 Å². The maximum atomic E-state index is 6.15. The lowest BCUT2D eigenvalue weighted by Gasteiger charge is -2.31. The summed E-state index contributed by atoms with van der Waals surface area (Å²) in [6, 6.07) is 0.840. The summed E-state index contributed by atoms with van der Waals surface area (Å²) in [5.74, 6) is 1.04. The van der Waals surface area contributed by atoms with E-state index in [4.69, 9.17) is 15.2 Å². The van der Waals surface area contributed by atoms with E-state index in [0.29, 0.717) is 34.9 Å². The summed E-state index contributed by atoms with van der Waals surface area (Å²) in [6.07, 6.45) is 5.59. The zero-order valence-corrected chi connectivity index (χ0v) is 17.6. The van der Waals surface area contributed by atoms with Gasteiger partial charge < -0.3 is 20.1 Å². The van der Waals surface area contributed by atoms with Crippen molar-refractivity contribution in [3.05, 3.63) is 0 Å². The van der Waals surface area contributed by atoms with E-state index in [0.717, 1.165) is 32.4 Å². The number of ether oxygens (including phenoxy) is 2. The van der Waals surface area contributed by atoms with Crippen molar-refractivity contribution in [3.63, 3.8) is 0 Å². The number of anilines is 1. The summed E-state index contributed by atoms with van der Waals surface area (Å²) in [4.78, 5) is 15.9. The van der Waals surface area contributed by atoms with E-state index >= 15 is 0 Å². The second-order valence-corrected chi connectivity index (χ2v) is 7.70. The second-order valence-electron chi connectivity index (χ2n) is 7.70. The number of aryl methyl sites for hydroxylation is 1. The smallest absolute Gasteiger partial charge is 0.320 e. The number of rotatable bonds is 9. The van der Waals surface area contributed by atoms with Crippen LogP contribution in [0.1, 0.15) is 52.9 Å². The van der Waals surface area contributed by atoms with Gasteiger partial charge in [-0.25, -0.2) is 0 Å². The molecule has 156 valence electrons. The van der Waals surface area contributed by atoms with Crippen LogP contribution in [-0.2, 0) is 6.54 Å². The number of imidazole rings is 1. The molecule has 1 aliphatic rings. The number of nitrogens with two attached hydrogens (primary N) is 1. The van der Waals surface area contributed by atoms with Crippen LogP contribution in [0.15, 0.2) is 0 Å². The first-order valence-electron chi connectivity index (χ1n) is 10.5. The largest absolute Gasteiger partial charge is 0.468 e. The third-order valence-electron chi connectivity index (χ3n) is 5.67. The van der Waals surface area contributed by atoms with Crippen molar-refractivity contribution in [3.8, 4) is 12.0 Å². The van der Waals surface area contributed by atoms with Gasteiger partial charge in [-0.05, 0) is 58.2 Å². The van der Waals surface area contributed by atoms with Crippen LogP contribution in [0, 0.1) is 5.92 Å². The summed E-state index contributed by atoms with van der Waals surface area (Å²) >= 11 is 0. The summed E-state index contributed by atoms with van der Waals surface area (Å²) in [6.45, 7) is 10.7. The number of fused-ring (bicyclic) bond motifs is 1. The van der Waals surface area contributed by atoms with E-state index in [1.807, 2.05) is 11.5 Å². The molecule has 2 N–H and O–H groups in total. The van der Waals surface area contributed by atoms with Crippen molar-refractivity contribution >= 4 is 17.0 Å². The maximum absolute atomic E-state index is 6.15. The van der Waals surface area contributed by atoms with Gasteiger partial charge in [0.1, 0.15) is 0 Å². The zero-order valence-electron chi connectivity index (χ0n) is 17.6. The topological polar surface area (TPSA) is 91.3 Å². The Balaban J connectivity index is 1.78. The Morgan fingerprint density at radius 1 is 1.18 bits per heavy atom. The molecule has 8 nitrogen and oxygen atoms in total. The predicted octanol–water partition coefficient (Wildman–Crippen LogP) is 3.11. The van der Waals surface area contributed by atoms with Crippen LogP contribution in [0.5, 0.6) is 12.0 Å². The normalized spacial score (nSPS) is 17.1. The number of piperidine rings is 1. The third-order valence-corrected chi connectivity index (χ3v) is 5.67. The maximum Gasteiger partial charge on any atom is 0.320 e. The van der Waals surface area contributed by atoms with Crippen molar-refractivity contribution < 1.29 is 9.47 Å². The molecule has 8 heteroatoms. The number of nitrogen functional groups attached to an aromatic ring is 1. The molecule has 1 atom stereocenters. The minimum atomic E-state index is 0.0452. The van der Waals surface area contributed by atoms with Gasteiger partial charge in [0.25, 0.3) is 6.01 Å². The zero-order chi connectivity index (χ0) is 20.1. The Hall–Kier alpha value is -2.09. The minimum Gasteiger partial charge on any atom is -0.468 e. The van der Waals surface area contributed by atoms with Gasteiger partial charge in [-0.2, -0.15) is 15.0 Å². The number of nitrogens with zero attached hydrogens (tertiary/aromatic N) is 5. The van der Waals surface area contributed by atoms with Gasteiger partial charge in [-0.3, -0.25) is 4.57 Å². The molecule has 28 heavy (non-hydrogen) atoms. The standard InChI is InChI=1S/C20H34N6O2/c1-5-7-14(3)28-19-23-17(21)16-18(24-19)26(20(22-16)27-4)13-10-15-8-11-25(6-2)12-9-15/h14-15H,5-13H2,1-4H3,(H2,21,23,24)/t14-/m0/s1. The number of likely N-dealkylation sites (tertiary alicyclic amines) is 1. The average Bonchev–Trinajstić information content (AvgIpc) is 3.05. The summed E-state index contributed by atoms with van der Waals surface area (Å²) in [7, 11) is 1.63. The molecule has 0 bridgehead atoms. The lowest BCUT2D eigenvalue weighted by atomic mass is 9.93. The lowest BCUT2D eigenvalue weighted by Crippen LogP contribution is -2.33. The Bertz CT molecular complexity index is 770. The van der Waals surface area contributed by atoms with Gasteiger partial charge in [-0.15, -0.1) is 0 Å². The molecular formula is C20H34N6O2. The third kappa shape index (κ3) is 4.66. The summed E-state index contributed by atoms with van der Waals surface area (Å²) < 4.78 is 13.4. The first-order valence-corrected chi connectivity index (χ1v) is 10.5. The highest BCUT2D eigenvalue weighted by Crippen LogP contribution is 2.28. The fourth-order valence-electron chi connectivity index (χ4n) is 3.94. The number of hydrogen-bond donors (Lipinski definition) is 1. The monoisotopic (exact) mass is 390 g/mol. The van der Waals surface area contributed by atoms with Gasteiger partial charge in [0.15, 0.2) is 17.0 Å². The molecule has 3 rings (SSSR count). The van der Waals surface area contributed by atoms with Crippen molar-refractivity contribution in [1.29, 1.82) is 0 Å². The fraction of sp³-hybridized carbons (Fsp3) is 0.750. The molecule has 0 radical (unpaired) electrons. The van der Waals surface area contributed by atoms with Crippen molar-refractivity contribution in [2.24, 2.45) is 5.92 Å². The Labute approximate surface area is 167 Å². The summed E-state index contributed by atoms with van der Waals surface area (Å²) in [5.41, 5.74) is 7.41. The van der Waals surface area contributed by atoms with Gasteiger partial charge in [-0.1, -0.05) is 20.3 Å². The van der Waals surface area contributed by atoms with Crippen LogP contribution in [0.2, 0.25) is 0 Å². The molecule has 0 amide bonds. The van der Waals surface area contributed by atoms with Crippen LogP contribution in [0.25, 0.3) is 11.2 Å². The molecule has 0 spiro atoms. The highest BCUT2D eigenvalue weighted by Gasteiger charge is 2.22. The van der Waals surface area contributed by atoms with Crippen LogP contribution in [0.4, 0.5) is 5.82 Å². The Morgan fingerprint density at radius 2 is 1.93 bits per heavy atom. The quantitative estimate of drug-likeness (QED) is 0.703. The van der Waals surface area contributed by atoms with E-state index < -0.39 is 0 Å². The van der Waals surface area contributed by atoms with Crippen molar-refractivity contribution in [2.75, 3.05) is 32.5 Å². The van der Waals surface area contributed by atoms with E-state index in [-0.39, 0.29) is 6.10 Å². The molecular weight excluding hydrogens is 356 g/mol. The minimum absolute atomic E-state index is 0.0452. The second kappa shape index (κ2) is 9.41. The van der Waals surface area contributed by atoms with Gasteiger partial charge in [0.05, 0.1) is 13.2 Å². The fourth-order valence-corrected chi connectivity index (χ4v) is 3.94. The van der Waals surface area contributed by atoms with E-state index in [1.165, 1.54) is 25.9 Å². The van der Waals surface area contributed by atoms with E-state index in [2.05, 4.69) is 33.7 Å². The average molecular weight is 391 g/mol. The van der Waals surface area contributed by atoms with E-state index in [1.54, 1.807) is 7.11 Å². The first-order chi connectivity index (χ1) is 13.5. The molecule has 0 saturated carbocycles. The molecule has 1 saturated heterocycles. The van der Waals surface area contributed by atoms with Crippen LogP contribution in [0.3, 0.4) is 0 Å². The molecule has 1 aliphatic heterocycles. The number of methoxy groups -OCH3 is 1. The Kier molecular flexibility index (Phi) is 6.93. The van der Waals surface area contributed by atoms with Crippen LogP contribution < -0.4 is 15.2 Å². The predicted molar refractivity (Wildman–Crippen MR) is 111 cm³/mol. The highest BCUT2D eigenvalue weighted by molar-refractivity contribution is 5.83. The molecule has 0 aliphatic carbocycles. The number of aromatic nitrogens is 4. The van der Waals surface area contributed by atoms with Crippen LogP contribution >= 0.6 is 0 Å². The lowest BCUT2D eigenvalue weighted by molar-refractivity contribution is 0.182. The molecule has 2 aromatic heterocycles. The molecule has 2 aromatic rings. The van der Waals surface area contributed by atoms with E-state index in [9.17, 15) is 0 Å². The van der Waals surface area contributed by atoms with Crippen LogP contribution in [-0.4, -0.2) is 57.3 Å². The summed E-state index contributed by atoms with van der Waals surface area (Å²) in [5, 5.41) is 0. The SMILES string of the molecule is CCC[C@H](C)Oc1nc(N)c2nc(OC)n(CCC3CCN(CC)CC3)c2n1. The first kappa shape index (κ1) is 20.6. The molecule has 3 heterocycles. The number of hydrogen-bond acceptors (Lipinski definition) is 7. The van der Waals surface area contributed by atoms with Gasteiger partial charge >= 0.3 is 6.01 Å². The molecule has 1 fully saturated rings. The Morgan fingerprint density at radius 3 is 2.57 bits per heavy atom. The van der Waals surface area contributed by atoms with Gasteiger partial charge in [0.2, 0.25) is 0 Å². The molecule has 0 aromatic carbocycles. The van der Waals surface area contributed by atoms with Crippen molar-refractivity contribution in [2.45, 2.75) is 65.5 Å². The van der Waals surface area contributed by atoms with Gasteiger partial charge in [0, 0.05) is 6.54 Å².